The van der Waals surface area contributed by atoms with Gasteiger partial charge in [-0.2, -0.15) is 0 Å². The molecule has 0 heterocycles. The molecule has 0 rings (SSSR count). The Morgan fingerprint density at radius 2 is 0.805 bits per heavy atom. The summed E-state index contributed by atoms with van der Waals surface area (Å²) < 4.78 is 16.9. The van der Waals surface area contributed by atoms with Crippen molar-refractivity contribution in [2.24, 2.45) is 17.8 Å². The molecule has 242 valence electrons. The van der Waals surface area contributed by atoms with Gasteiger partial charge >= 0.3 is 266 Å². The van der Waals surface area contributed by atoms with E-state index in [2.05, 4.69) is 46.5 Å². The second kappa shape index (κ2) is 26.6. The first kappa shape index (κ1) is 41.3. The predicted molar refractivity (Wildman–Crippen MR) is 182 cm³/mol. The molecule has 41 heavy (non-hydrogen) atoms. The van der Waals surface area contributed by atoms with Gasteiger partial charge in [-0.25, -0.2) is 0 Å². The molecule has 0 unspecified atom stereocenters. The number of hydrogen-bond donors (Lipinski definition) is 0. The van der Waals surface area contributed by atoms with Gasteiger partial charge < -0.3 is 0 Å². The molecule has 6 nitrogen and oxygen atoms in total. The van der Waals surface area contributed by atoms with E-state index in [1.54, 1.807) is 26.8 Å². The SMILES string of the molecule is CCCC[C@@H](CC)COC(=O)C[S][Sn]([CH3])([S]CC(=O)OC[C@H](CC)CCCC)[S]CC(=O)OC[C@@H](CC)CCCC. The molecule has 0 bridgehead atoms. The van der Waals surface area contributed by atoms with Crippen molar-refractivity contribution in [3.05, 3.63) is 0 Å². The van der Waals surface area contributed by atoms with Gasteiger partial charge in [0.15, 0.2) is 0 Å². The second-order valence-corrected chi connectivity index (χ2v) is 46.7. The minimum atomic E-state index is -3.24. The molecule has 0 amide bonds. The van der Waals surface area contributed by atoms with Gasteiger partial charge in [0.1, 0.15) is 0 Å². The Morgan fingerprint density at radius 3 is 1.02 bits per heavy atom. The summed E-state index contributed by atoms with van der Waals surface area (Å²) in [7, 11) is 4.86. The summed E-state index contributed by atoms with van der Waals surface area (Å²) in [6, 6.07) is 0. The maximum atomic E-state index is 12.6. The topological polar surface area (TPSA) is 78.9 Å². The molecular formula is C31H60O6S3Sn. The second-order valence-electron chi connectivity index (χ2n) is 11.0. The van der Waals surface area contributed by atoms with Gasteiger partial charge in [0.05, 0.1) is 0 Å². The first-order valence-corrected chi connectivity index (χ1v) is 32.3. The third kappa shape index (κ3) is 22.4. The van der Waals surface area contributed by atoms with Crippen molar-refractivity contribution < 1.29 is 28.6 Å². The number of carbonyl (C=O) groups excluding carboxylic acids is 3. The Bertz CT molecular complexity index is 608. The van der Waals surface area contributed by atoms with Gasteiger partial charge in [0.2, 0.25) is 0 Å². The first-order valence-electron chi connectivity index (χ1n) is 16.0. The molecule has 0 aliphatic heterocycles. The van der Waals surface area contributed by atoms with Crippen LogP contribution < -0.4 is 0 Å². The fraction of sp³-hybridized carbons (Fsp3) is 0.903. The molecular weight excluding hydrogens is 683 g/mol. The Labute approximate surface area is 264 Å². The summed E-state index contributed by atoms with van der Waals surface area (Å²) in [5.74, 6) is 1.36. The van der Waals surface area contributed by atoms with Gasteiger partial charge in [0, 0.05) is 0 Å². The van der Waals surface area contributed by atoms with Crippen LogP contribution in [0, 0.1) is 17.8 Å². The van der Waals surface area contributed by atoms with Crippen molar-refractivity contribution in [2.45, 2.75) is 124 Å². The van der Waals surface area contributed by atoms with Crippen LogP contribution in [0.25, 0.3) is 0 Å². The fourth-order valence-electron chi connectivity index (χ4n) is 4.15. The number of hydrogen-bond acceptors (Lipinski definition) is 9. The zero-order valence-corrected chi connectivity index (χ0v) is 32.4. The zero-order valence-electron chi connectivity index (χ0n) is 27.1. The van der Waals surface area contributed by atoms with E-state index in [-0.39, 0.29) is 35.2 Å². The van der Waals surface area contributed by atoms with E-state index in [0.29, 0.717) is 37.6 Å². The fourth-order valence-corrected chi connectivity index (χ4v) is 29.8. The van der Waals surface area contributed by atoms with Crippen LogP contribution in [0.5, 0.6) is 0 Å². The summed E-state index contributed by atoms with van der Waals surface area (Å²) in [4.78, 5) is 40.1. The molecule has 0 aromatic rings. The number of esters is 3. The molecule has 0 fully saturated rings. The number of carbonyl (C=O) groups is 3. The molecule has 0 N–H and O–H groups in total. The van der Waals surface area contributed by atoms with Crippen LogP contribution in [-0.2, 0) is 28.6 Å². The molecule has 0 aromatic carbocycles. The van der Waals surface area contributed by atoms with Gasteiger partial charge in [-0.3, -0.25) is 0 Å². The average Bonchev–Trinajstić information content (AvgIpc) is 2.98. The normalized spacial score (nSPS) is 13.8. The monoisotopic (exact) mass is 744 g/mol. The van der Waals surface area contributed by atoms with Crippen molar-refractivity contribution >= 4 is 59.0 Å². The van der Waals surface area contributed by atoms with E-state index in [4.69, 9.17) is 14.2 Å². The van der Waals surface area contributed by atoms with Crippen molar-refractivity contribution in [2.75, 3.05) is 37.1 Å². The van der Waals surface area contributed by atoms with Crippen molar-refractivity contribution in [3.8, 4) is 0 Å². The molecule has 0 spiro atoms. The summed E-state index contributed by atoms with van der Waals surface area (Å²) in [5.41, 5.74) is 0. The minimum absolute atomic E-state index is 0.206. The van der Waals surface area contributed by atoms with E-state index in [1.165, 1.54) is 0 Å². The molecule has 0 aliphatic carbocycles. The van der Waals surface area contributed by atoms with E-state index < -0.39 is 14.2 Å². The molecule has 10 heteroatoms. The zero-order chi connectivity index (χ0) is 30.9. The summed E-state index contributed by atoms with van der Waals surface area (Å²) >= 11 is -3.24. The van der Waals surface area contributed by atoms with Crippen molar-refractivity contribution in [1.82, 2.24) is 0 Å². The number of ether oxygens (including phenoxy) is 3. The molecule has 0 aliphatic rings. The Morgan fingerprint density at radius 1 is 0.537 bits per heavy atom. The van der Waals surface area contributed by atoms with Crippen LogP contribution in [0.4, 0.5) is 0 Å². The quantitative estimate of drug-likeness (QED) is 0.0466. The van der Waals surface area contributed by atoms with E-state index >= 15 is 0 Å². The van der Waals surface area contributed by atoms with Crippen LogP contribution in [0.3, 0.4) is 0 Å². The van der Waals surface area contributed by atoms with Crippen LogP contribution >= 0.6 is 26.8 Å². The van der Waals surface area contributed by atoms with Gasteiger partial charge in [-0.15, -0.1) is 0 Å². The summed E-state index contributed by atoms with van der Waals surface area (Å²) in [6.07, 6.45) is 13.1. The van der Waals surface area contributed by atoms with Gasteiger partial charge in [-0.1, -0.05) is 0 Å². The van der Waals surface area contributed by atoms with Crippen molar-refractivity contribution in [3.63, 3.8) is 0 Å². The Balaban J connectivity index is 5.02. The third-order valence-corrected chi connectivity index (χ3v) is 41.5. The Hall–Kier alpha value is 0.259. The molecule has 3 atom stereocenters. The molecule has 0 saturated carbocycles. The molecule has 0 saturated heterocycles. The predicted octanol–water partition coefficient (Wildman–Crippen LogP) is 9.03. The standard InChI is InChI=1S/3C10H20O2S.CH3.Sn/c3*1-3-5-6-9(4-2)7-12-10(11)8-13;;/h3*9,13H,3-8H2,1-2H3;1H3;/q;;;;+3/p-3/t3*9-;;/m110../s1. The van der Waals surface area contributed by atoms with Gasteiger partial charge in [-0.05, 0) is 0 Å². The van der Waals surface area contributed by atoms with E-state index in [1.807, 2.05) is 0 Å². The molecule has 0 radical (unpaired) electrons. The van der Waals surface area contributed by atoms with Crippen molar-refractivity contribution in [1.29, 1.82) is 0 Å². The molecule has 0 aromatic heterocycles. The maximum absolute atomic E-state index is 12.6. The van der Waals surface area contributed by atoms with E-state index in [9.17, 15) is 14.4 Å². The Kier molecular flexibility index (Phi) is 26.8. The third-order valence-electron chi connectivity index (χ3n) is 7.43. The van der Waals surface area contributed by atoms with E-state index in [0.717, 1.165) is 77.0 Å². The van der Waals surface area contributed by atoms with Crippen LogP contribution in [0.2, 0.25) is 4.94 Å². The average molecular weight is 744 g/mol. The summed E-state index contributed by atoms with van der Waals surface area (Å²) in [6.45, 7) is 14.3. The summed E-state index contributed by atoms with van der Waals surface area (Å²) in [5, 5.41) is 0. The van der Waals surface area contributed by atoms with Gasteiger partial charge in [0.25, 0.3) is 0 Å². The van der Waals surface area contributed by atoms with Crippen LogP contribution in [-0.4, -0.2) is 69.2 Å². The van der Waals surface area contributed by atoms with Crippen LogP contribution in [0.15, 0.2) is 0 Å². The number of unbranched alkanes of at least 4 members (excludes halogenated alkanes) is 3. The van der Waals surface area contributed by atoms with Crippen LogP contribution in [0.1, 0.15) is 119 Å². The number of rotatable bonds is 27. The first-order chi connectivity index (χ1) is 19.7.